The number of piperidine rings is 1. The van der Waals surface area contributed by atoms with Gasteiger partial charge in [0.25, 0.3) is 0 Å². The van der Waals surface area contributed by atoms with Crippen molar-refractivity contribution in [3.63, 3.8) is 0 Å². The van der Waals surface area contributed by atoms with Crippen molar-refractivity contribution in [1.82, 2.24) is 5.32 Å². The van der Waals surface area contributed by atoms with Crippen molar-refractivity contribution in [2.24, 2.45) is 5.41 Å². The number of aryl methyl sites for hydroxylation is 1. The molecular formula is C37H47FN2O4. The summed E-state index contributed by atoms with van der Waals surface area (Å²) >= 11 is 0. The van der Waals surface area contributed by atoms with E-state index in [2.05, 4.69) is 35.3 Å². The number of nitrogens with zero attached hydrogens (tertiary/aromatic N) is 1. The van der Waals surface area contributed by atoms with Crippen molar-refractivity contribution in [1.29, 1.82) is 0 Å². The molecule has 0 aliphatic carbocycles. The molecule has 1 spiro atoms. The molecule has 1 N–H and O–H groups in total. The largest absolute Gasteiger partial charge is 0.489 e. The second-order valence-corrected chi connectivity index (χ2v) is 13.3. The van der Waals surface area contributed by atoms with Crippen molar-refractivity contribution in [2.45, 2.75) is 85.0 Å². The number of hydrogen-bond donors (Lipinski definition) is 1. The molecule has 6 nitrogen and oxygen atoms in total. The SMILES string of the molecule is CCc1ccccc1OCc1cc(-c2cccc(C(C)NC(=O)OC(C)(C)C)c2F)cc(N2CCC3(CCOCC3)CC2)c1. The summed E-state index contributed by atoms with van der Waals surface area (Å²) in [5.41, 5.74) is 4.66. The average molecular weight is 603 g/mol. The summed E-state index contributed by atoms with van der Waals surface area (Å²) in [7, 11) is 0. The van der Waals surface area contributed by atoms with Gasteiger partial charge in [0, 0.05) is 43.1 Å². The van der Waals surface area contributed by atoms with E-state index in [0.717, 1.165) is 86.5 Å². The maximum atomic E-state index is 16.2. The highest BCUT2D eigenvalue weighted by Crippen LogP contribution is 2.42. The molecular weight excluding hydrogens is 555 g/mol. The van der Waals surface area contributed by atoms with Gasteiger partial charge in [0.1, 0.15) is 23.8 Å². The van der Waals surface area contributed by atoms with Crippen LogP contribution in [0.4, 0.5) is 14.9 Å². The fourth-order valence-electron chi connectivity index (χ4n) is 6.41. The summed E-state index contributed by atoms with van der Waals surface area (Å²) in [6.45, 7) is 13.3. The van der Waals surface area contributed by atoms with Gasteiger partial charge in [0.2, 0.25) is 0 Å². The lowest BCUT2D eigenvalue weighted by molar-refractivity contribution is 0.00212. The van der Waals surface area contributed by atoms with Crippen LogP contribution in [-0.2, 0) is 22.5 Å². The van der Waals surface area contributed by atoms with E-state index in [-0.39, 0.29) is 5.82 Å². The fourth-order valence-corrected chi connectivity index (χ4v) is 6.41. The number of hydrogen-bond acceptors (Lipinski definition) is 5. The minimum absolute atomic E-state index is 0.351. The summed E-state index contributed by atoms with van der Waals surface area (Å²) in [6.07, 6.45) is 4.84. The van der Waals surface area contributed by atoms with Crippen LogP contribution in [0.25, 0.3) is 11.1 Å². The minimum Gasteiger partial charge on any atom is -0.489 e. The molecule has 2 fully saturated rings. The van der Waals surface area contributed by atoms with Gasteiger partial charge < -0.3 is 24.4 Å². The standard InChI is InChI=1S/C37H47FN2O4/c1-6-28-10-7-8-13-33(28)43-25-27-22-29(24-30(23-27)40-18-14-37(15-19-40)16-20-42-21-17-37)32-12-9-11-31(34(32)38)26(2)39-35(41)44-36(3,4)5/h7-13,22-24,26H,6,14-21,25H2,1-5H3,(H,39,41). The molecule has 1 amide bonds. The monoisotopic (exact) mass is 602 g/mol. The Morgan fingerprint density at radius 2 is 1.75 bits per heavy atom. The molecule has 2 aliphatic rings. The van der Waals surface area contributed by atoms with Gasteiger partial charge >= 0.3 is 6.09 Å². The van der Waals surface area contributed by atoms with Gasteiger partial charge in [-0.1, -0.05) is 43.3 Å². The van der Waals surface area contributed by atoms with Gasteiger partial charge in [-0.3, -0.25) is 0 Å². The first-order valence-corrected chi connectivity index (χ1v) is 16.0. The maximum absolute atomic E-state index is 16.2. The molecule has 236 valence electrons. The van der Waals surface area contributed by atoms with Crippen LogP contribution in [0.2, 0.25) is 0 Å². The lowest BCUT2D eigenvalue weighted by Crippen LogP contribution is -2.43. The first-order chi connectivity index (χ1) is 21.1. The van der Waals surface area contributed by atoms with Crippen LogP contribution < -0.4 is 15.0 Å². The molecule has 44 heavy (non-hydrogen) atoms. The number of carbonyl (C=O) groups excluding carboxylic acids is 1. The predicted octanol–water partition coefficient (Wildman–Crippen LogP) is 8.62. The van der Waals surface area contributed by atoms with E-state index in [1.165, 1.54) is 0 Å². The normalized spacial score (nSPS) is 17.3. The van der Waals surface area contributed by atoms with Gasteiger partial charge in [-0.2, -0.15) is 0 Å². The Hall–Kier alpha value is -3.58. The van der Waals surface area contributed by atoms with Crippen LogP contribution in [0.1, 0.15) is 83.0 Å². The van der Waals surface area contributed by atoms with E-state index >= 15 is 4.39 Å². The van der Waals surface area contributed by atoms with Crippen molar-refractivity contribution in [3.8, 4) is 16.9 Å². The van der Waals surface area contributed by atoms with Gasteiger partial charge in [-0.15, -0.1) is 0 Å². The molecule has 1 unspecified atom stereocenters. The highest BCUT2D eigenvalue weighted by molar-refractivity contribution is 5.72. The zero-order valence-electron chi connectivity index (χ0n) is 26.9. The number of carbonyl (C=O) groups is 1. The van der Waals surface area contributed by atoms with Crippen molar-refractivity contribution >= 4 is 11.8 Å². The summed E-state index contributed by atoms with van der Waals surface area (Å²) in [5, 5.41) is 2.79. The van der Waals surface area contributed by atoms with Crippen LogP contribution in [0.3, 0.4) is 0 Å². The number of ether oxygens (including phenoxy) is 3. The molecule has 0 saturated carbocycles. The molecule has 3 aromatic carbocycles. The Morgan fingerprint density at radius 3 is 2.45 bits per heavy atom. The smallest absolute Gasteiger partial charge is 0.408 e. The third kappa shape index (κ3) is 7.73. The van der Waals surface area contributed by atoms with Crippen molar-refractivity contribution < 1.29 is 23.4 Å². The minimum atomic E-state index is -0.639. The number of amides is 1. The lowest BCUT2D eigenvalue weighted by Gasteiger charge is -2.45. The molecule has 0 bridgehead atoms. The number of anilines is 1. The van der Waals surface area contributed by atoms with E-state index in [0.29, 0.717) is 23.1 Å². The third-order valence-corrected chi connectivity index (χ3v) is 9.01. The third-order valence-electron chi connectivity index (χ3n) is 9.01. The van der Waals surface area contributed by atoms with Gasteiger partial charge in [-0.25, -0.2) is 9.18 Å². The molecule has 0 aromatic heterocycles. The number of rotatable bonds is 8. The number of nitrogens with one attached hydrogen (secondary N) is 1. The highest BCUT2D eigenvalue weighted by atomic mass is 19.1. The molecule has 5 rings (SSSR count). The van der Waals surface area contributed by atoms with Gasteiger partial charge in [0.15, 0.2) is 0 Å². The molecule has 2 heterocycles. The van der Waals surface area contributed by atoms with Crippen LogP contribution >= 0.6 is 0 Å². The van der Waals surface area contributed by atoms with E-state index in [1.807, 2.05) is 36.4 Å². The van der Waals surface area contributed by atoms with Crippen molar-refractivity contribution in [2.75, 3.05) is 31.2 Å². The number of benzene rings is 3. The highest BCUT2D eigenvalue weighted by Gasteiger charge is 2.36. The average Bonchev–Trinajstić information content (AvgIpc) is 3.00. The lowest BCUT2D eigenvalue weighted by atomic mass is 9.72. The van der Waals surface area contributed by atoms with Crippen LogP contribution in [-0.4, -0.2) is 38.0 Å². The topological polar surface area (TPSA) is 60.0 Å². The fraction of sp³-hybridized carbons (Fsp3) is 0.486. The molecule has 2 saturated heterocycles. The predicted molar refractivity (Wildman–Crippen MR) is 174 cm³/mol. The molecule has 0 radical (unpaired) electrons. The van der Waals surface area contributed by atoms with E-state index < -0.39 is 17.7 Å². The number of para-hydroxylation sites is 1. The van der Waals surface area contributed by atoms with Gasteiger partial charge in [0.05, 0.1) is 6.04 Å². The zero-order chi connectivity index (χ0) is 31.3. The first-order valence-electron chi connectivity index (χ1n) is 16.0. The van der Waals surface area contributed by atoms with Crippen molar-refractivity contribution in [3.05, 3.63) is 83.2 Å². The Labute approximate surface area is 261 Å². The second-order valence-electron chi connectivity index (χ2n) is 13.3. The van der Waals surface area contributed by atoms with Gasteiger partial charge in [-0.05, 0) is 106 Å². The van der Waals surface area contributed by atoms with Crippen LogP contribution in [0.15, 0.2) is 60.7 Å². The summed E-state index contributed by atoms with van der Waals surface area (Å²) in [5.74, 6) is 0.521. The summed E-state index contributed by atoms with van der Waals surface area (Å²) < 4.78 is 33.6. The Kier molecular flexibility index (Phi) is 9.84. The van der Waals surface area contributed by atoms with Crippen LogP contribution in [0.5, 0.6) is 5.75 Å². The Balaban J connectivity index is 1.44. The summed E-state index contributed by atoms with van der Waals surface area (Å²) in [6, 6.07) is 19.2. The Bertz CT molecular complexity index is 1430. The number of alkyl carbamates (subject to hydrolysis) is 1. The van der Waals surface area contributed by atoms with E-state index in [4.69, 9.17) is 14.2 Å². The molecule has 2 aliphatic heterocycles. The van der Waals surface area contributed by atoms with E-state index in [1.54, 1.807) is 33.8 Å². The molecule has 7 heteroatoms. The zero-order valence-corrected chi connectivity index (χ0v) is 26.9. The molecule has 3 aromatic rings. The summed E-state index contributed by atoms with van der Waals surface area (Å²) in [4.78, 5) is 14.9. The quantitative estimate of drug-likeness (QED) is 0.280. The number of halogens is 1. The maximum Gasteiger partial charge on any atom is 0.408 e. The first kappa shape index (κ1) is 31.8. The van der Waals surface area contributed by atoms with Crippen LogP contribution in [0, 0.1) is 11.2 Å². The Morgan fingerprint density at radius 1 is 1.02 bits per heavy atom. The van der Waals surface area contributed by atoms with E-state index in [9.17, 15) is 4.79 Å². The molecule has 1 atom stereocenters. The second kappa shape index (κ2) is 13.6.